The van der Waals surface area contributed by atoms with Crippen LogP contribution in [0.4, 0.5) is 0 Å². The summed E-state index contributed by atoms with van der Waals surface area (Å²) in [6.07, 6.45) is 0.489. The fourth-order valence-corrected chi connectivity index (χ4v) is 3.55. The van der Waals surface area contributed by atoms with Crippen LogP contribution in [0.2, 0.25) is 0 Å². The summed E-state index contributed by atoms with van der Waals surface area (Å²) in [6.45, 7) is 4.46. The maximum atomic E-state index is 12.8. The van der Waals surface area contributed by atoms with E-state index in [2.05, 4.69) is 5.32 Å². The maximum absolute atomic E-state index is 12.8. The first kappa shape index (κ1) is 21.5. The Morgan fingerprint density at radius 2 is 1.85 bits per heavy atom. The molecule has 2 saturated heterocycles. The maximum Gasteiger partial charge on any atom is 0.223 e. The summed E-state index contributed by atoms with van der Waals surface area (Å²) in [7, 11) is 1.64. The van der Waals surface area contributed by atoms with Crippen LogP contribution in [0, 0.1) is 0 Å². The van der Waals surface area contributed by atoms with Crippen molar-refractivity contribution >= 4 is 24.2 Å². The Labute approximate surface area is 166 Å². The lowest BCUT2D eigenvalue weighted by Crippen LogP contribution is -2.49. The molecule has 2 amide bonds. The predicted molar refractivity (Wildman–Crippen MR) is 104 cm³/mol. The van der Waals surface area contributed by atoms with E-state index in [9.17, 15) is 9.59 Å². The van der Waals surface area contributed by atoms with Crippen LogP contribution in [-0.4, -0.2) is 74.7 Å². The van der Waals surface area contributed by atoms with E-state index < -0.39 is 0 Å². The Morgan fingerprint density at radius 1 is 1.15 bits per heavy atom. The van der Waals surface area contributed by atoms with Crippen LogP contribution >= 0.6 is 12.4 Å². The van der Waals surface area contributed by atoms with E-state index in [4.69, 9.17) is 9.47 Å². The van der Waals surface area contributed by atoms with Crippen molar-refractivity contribution in [2.75, 3.05) is 53.0 Å². The molecular weight excluding hydrogens is 370 g/mol. The smallest absolute Gasteiger partial charge is 0.223 e. The second-order valence-corrected chi connectivity index (χ2v) is 6.54. The van der Waals surface area contributed by atoms with Crippen LogP contribution < -0.4 is 10.1 Å². The fourth-order valence-electron chi connectivity index (χ4n) is 3.55. The highest BCUT2D eigenvalue weighted by atomic mass is 35.5. The van der Waals surface area contributed by atoms with Gasteiger partial charge in [0.2, 0.25) is 11.8 Å². The predicted octanol–water partition coefficient (Wildman–Crippen LogP) is 1.23. The molecule has 0 spiro atoms. The molecule has 1 aromatic carbocycles. The lowest BCUT2D eigenvalue weighted by molar-refractivity contribution is -0.140. The van der Waals surface area contributed by atoms with Gasteiger partial charge in [0.1, 0.15) is 5.75 Å². The SMILES string of the molecule is COc1ccccc1C1CNCCN1C(=O)CCC(=O)N1CCOCC1.Cl. The molecule has 1 N–H and O–H groups in total. The summed E-state index contributed by atoms with van der Waals surface area (Å²) in [4.78, 5) is 28.8. The molecule has 8 heteroatoms. The number of methoxy groups -OCH3 is 1. The third kappa shape index (κ3) is 5.34. The zero-order chi connectivity index (χ0) is 18.4. The van der Waals surface area contributed by atoms with Gasteiger partial charge >= 0.3 is 0 Å². The standard InChI is InChI=1S/C19H27N3O4.ClH/c1-25-17-5-3-2-4-15(17)16-14-20-8-9-22(16)19(24)7-6-18(23)21-10-12-26-13-11-21;/h2-5,16,20H,6-14H2,1H3;1H. The second kappa shape index (κ2) is 10.5. The molecule has 0 bridgehead atoms. The van der Waals surface area contributed by atoms with E-state index in [-0.39, 0.29) is 43.1 Å². The molecule has 150 valence electrons. The van der Waals surface area contributed by atoms with Gasteiger partial charge in [0, 0.05) is 51.1 Å². The topological polar surface area (TPSA) is 71.1 Å². The number of carbonyl (C=O) groups is 2. The number of carbonyl (C=O) groups excluding carboxylic acids is 2. The number of nitrogens with zero attached hydrogens (tertiary/aromatic N) is 2. The van der Waals surface area contributed by atoms with Gasteiger partial charge in [-0.1, -0.05) is 18.2 Å². The summed E-state index contributed by atoms with van der Waals surface area (Å²) in [5.74, 6) is 0.832. The average Bonchev–Trinajstić information content (AvgIpc) is 2.72. The van der Waals surface area contributed by atoms with E-state index in [1.54, 1.807) is 12.0 Å². The van der Waals surface area contributed by atoms with Crippen molar-refractivity contribution in [3.8, 4) is 5.75 Å². The van der Waals surface area contributed by atoms with Gasteiger partial charge in [0.05, 0.1) is 26.4 Å². The molecule has 1 aromatic rings. The molecule has 2 heterocycles. The minimum absolute atomic E-state index is 0. The van der Waals surface area contributed by atoms with Crippen LogP contribution in [0.25, 0.3) is 0 Å². The molecule has 0 aromatic heterocycles. The number of nitrogens with one attached hydrogen (secondary N) is 1. The van der Waals surface area contributed by atoms with Gasteiger partial charge in [-0.25, -0.2) is 0 Å². The summed E-state index contributed by atoms with van der Waals surface area (Å²) < 4.78 is 10.7. The highest BCUT2D eigenvalue weighted by molar-refractivity contribution is 5.85. The number of amides is 2. The third-order valence-corrected chi connectivity index (χ3v) is 4.98. The van der Waals surface area contributed by atoms with E-state index in [1.165, 1.54) is 0 Å². The summed E-state index contributed by atoms with van der Waals surface area (Å²) in [5, 5.41) is 3.35. The highest BCUT2D eigenvalue weighted by Crippen LogP contribution is 2.30. The number of piperazine rings is 1. The molecule has 0 aliphatic carbocycles. The van der Waals surface area contributed by atoms with Gasteiger partial charge in [0.25, 0.3) is 0 Å². The van der Waals surface area contributed by atoms with Crippen LogP contribution in [0.15, 0.2) is 24.3 Å². The van der Waals surface area contributed by atoms with Crippen molar-refractivity contribution in [3.63, 3.8) is 0 Å². The Morgan fingerprint density at radius 3 is 2.59 bits per heavy atom. The second-order valence-electron chi connectivity index (χ2n) is 6.54. The highest BCUT2D eigenvalue weighted by Gasteiger charge is 2.30. The first-order valence-corrected chi connectivity index (χ1v) is 9.19. The third-order valence-electron chi connectivity index (χ3n) is 4.98. The van der Waals surface area contributed by atoms with E-state index >= 15 is 0 Å². The Bertz CT molecular complexity index is 637. The van der Waals surface area contributed by atoms with Crippen LogP contribution in [0.5, 0.6) is 5.75 Å². The molecule has 7 nitrogen and oxygen atoms in total. The number of halogens is 1. The van der Waals surface area contributed by atoms with Gasteiger partial charge in [0.15, 0.2) is 0 Å². The number of benzene rings is 1. The number of rotatable bonds is 5. The molecule has 27 heavy (non-hydrogen) atoms. The zero-order valence-electron chi connectivity index (χ0n) is 15.7. The fraction of sp³-hybridized carbons (Fsp3) is 0.579. The van der Waals surface area contributed by atoms with Crippen molar-refractivity contribution in [1.29, 1.82) is 0 Å². The van der Waals surface area contributed by atoms with E-state index in [1.807, 2.05) is 29.2 Å². The first-order chi connectivity index (χ1) is 12.7. The Hall–Kier alpha value is -1.83. The van der Waals surface area contributed by atoms with Gasteiger partial charge in [-0.2, -0.15) is 0 Å². The largest absolute Gasteiger partial charge is 0.496 e. The Kier molecular flexibility index (Phi) is 8.34. The number of hydrogen-bond acceptors (Lipinski definition) is 5. The number of ether oxygens (including phenoxy) is 2. The first-order valence-electron chi connectivity index (χ1n) is 9.19. The van der Waals surface area contributed by atoms with Crippen molar-refractivity contribution in [1.82, 2.24) is 15.1 Å². The minimum atomic E-state index is -0.0779. The Balaban J connectivity index is 0.00000261. The average molecular weight is 398 g/mol. The molecule has 2 aliphatic heterocycles. The molecule has 2 aliphatic rings. The van der Waals surface area contributed by atoms with E-state index in [0.717, 1.165) is 17.9 Å². The normalized spacial score (nSPS) is 20.0. The zero-order valence-corrected chi connectivity index (χ0v) is 16.5. The van der Waals surface area contributed by atoms with Gasteiger partial charge < -0.3 is 24.6 Å². The minimum Gasteiger partial charge on any atom is -0.496 e. The number of para-hydroxylation sites is 1. The van der Waals surface area contributed by atoms with Crippen LogP contribution in [-0.2, 0) is 14.3 Å². The molecule has 0 saturated carbocycles. The molecule has 3 rings (SSSR count). The van der Waals surface area contributed by atoms with Crippen molar-refractivity contribution in [2.45, 2.75) is 18.9 Å². The number of hydrogen-bond donors (Lipinski definition) is 1. The van der Waals surface area contributed by atoms with Gasteiger partial charge in [-0.3, -0.25) is 9.59 Å². The van der Waals surface area contributed by atoms with E-state index in [0.29, 0.717) is 39.4 Å². The molecule has 0 radical (unpaired) electrons. The summed E-state index contributed by atoms with van der Waals surface area (Å²) >= 11 is 0. The van der Waals surface area contributed by atoms with Crippen LogP contribution in [0.1, 0.15) is 24.4 Å². The lowest BCUT2D eigenvalue weighted by atomic mass is 10.0. The van der Waals surface area contributed by atoms with Crippen molar-refractivity contribution < 1.29 is 19.1 Å². The van der Waals surface area contributed by atoms with Crippen molar-refractivity contribution in [2.24, 2.45) is 0 Å². The van der Waals surface area contributed by atoms with Crippen LogP contribution in [0.3, 0.4) is 0 Å². The van der Waals surface area contributed by atoms with Gasteiger partial charge in [-0.05, 0) is 6.07 Å². The number of morpholine rings is 1. The summed E-state index contributed by atoms with van der Waals surface area (Å²) in [6, 6.07) is 7.71. The van der Waals surface area contributed by atoms with Gasteiger partial charge in [-0.15, -0.1) is 12.4 Å². The van der Waals surface area contributed by atoms with Crippen molar-refractivity contribution in [3.05, 3.63) is 29.8 Å². The molecule has 1 unspecified atom stereocenters. The quantitative estimate of drug-likeness (QED) is 0.809. The monoisotopic (exact) mass is 397 g/mol. The molecule has 2 fully saturated rings. The molecular formula is C19H28ClN3O4. The summed E-state index contributed by atoms with van der Waals surface area (Å²) in [5.41, 5.74) is 0.995. The lowest BCUT2D eigenvalue weighted by Gasteiger charge is -2.37. The molecule has 1 atom stereocenters.